The van der Waals surface area contributed by atoms with Gasteiger partial charge in [0.1, 0.15) is 17.7 Å². The molecule has 2 aromatic carbocycles. The van der Waals surface area contributed by atoms with Crippen LogP contribution < -0.4 is 4.72 Å². The van der Waals surface area contributed by atoms with E-state index in [0.717, 1.165) is 109 Å². The highest BCUT2D eigenvalue weighted by Gasteiger charge is 2.34. The molecule has 50 heavy (non-hydrogen) atoms. The number of amides is 1. The molecule has 0 aliphatic heterocycles. The summed E-state index contributed by atoms with van der Waals surface area (Å²) in [4.78, 5) is 35.9. The number of rotatable bonds is 17. The first kappa shape index (κ1) is 39.3. The van der Waals surface area contributed by atoms with Crippen LogP contribution in [0.5, 0.6) is 0 Å². The summed E-state index contributed by atoms with van der Waals surface area (Å²) in [7, 11) is 5.72. The number of unbranched alkanes of at least 4 members (excludes halogenated alkanes) is 1. The standard InChI is InChI=1S/C42H60N4O3S/c1-10-11-18-38(43-42(29-47)23-14-15-24-42)45(7)27-32-19-22-35(34(25-32)28-46(8)39(48)26-41(4,5)6)36-16-12-13-17-37(36)50-44-30(2)40(31(3)49-9)33-20-21-33/h12-13,16-17,19,22,25,29,33,44H,2,10-11,14-15,18,20-21,23-24,26-28H2,1,3-9H3/b40-31+,43-38-. The van der Waals surface area contributed by atoms with Crippen LogP contribution in [0, 0.1) is 11.3 Å². The highest BCUT2D eigenvalue weighted by atomic mass is 32.2. The summed E-state index contributed by atoms with van der Waals surface area (Å²) in [5.74, 6) is 2.54. The lowest BCUT2D eigenvalue weighted by Gasteiger charge is -2.27. The minimum Gasteiger partial charge on any atom is -0.501 e. The lowest BCUT2D eigenvalue weighted by atomic mass is 9.91. The van der Waals surface area contributed by atoms with E-state index in [1.54, 1.807) is 19.1 Å². The zero-order valence-electron chi connectivity index (χ0n) is 31.9. The van der Waals surface area contributed by atoms with Gasteiger partial charge in [-0.15, -0.1) is 0 Å². The lowest BCUT2D eigenvalue weighted by Crippen LogP contribution is -2.33. The van der Waals surface area contributed by atoms with Crippen LogP contribution >= 0.6 is 11.9 Å². The fourth-order valence-corrected chi connectivity index (χ4v) is 7.56. The Morgan fingerprint density at radius 2 is 1.78 bits per heavy atom. The van der Waals surface area contributed by atoms with Gasteiger partial charge in [-0.1, -0.05) is 89.9 Å². The molecule has 2 aliphatic rings. The van der Waals surface area contributed by atoms with Crippen molar-refractivity contribution in [2.45, 2.75) is 122 Å². The molecule has 272 valence electrons. The third-order valence-electron chi connectivity index (χ3n) is 9.80. The Morgan fingerprint density at radius 1 is 1.08 bits per heavy atom. The van der Waals surface area contributed by atoms with Crippen molar-refractivity contribution in [2.75, 3.05) is 21.2 Å². The summed E-state index contributed by atoms with van der Waals surface area (Å²) in [5, 5.41) is 0. The van der Waals surface area contributed by atoms with Crippen LogP contribution in [0.4, 0.5) is 0 Å². The van der Waals surface area contributed by atoms with E-state index in [1.807, 2.05) is 18.9 Å². The predicted molar refractivity (Wildman–Crippen MR) is 209 cm³/mol. The third-order valence-corrected chi connectivity index (χ3v) is 10.7. The SMILES string of the molecule is C=C(NSc1ccccc1-c1ccc(CN(C)/C(CCCC)=N\C2(C=O)CCCC2)cc1CN(C)C(=O)CC(C)(C)C)/C(=C(/C)OC)C1CC1. The van der Waals surface area contributed by atoms with Gasteiger partial charge in [0.2, 0.25) is 5.91 Å². The van der Waals surface area contributed by atoms with Crippen molar-refractivity contribution in [1.82, 2.24) is 14.5 Å². The van der Waals surface area contributed by atoms with Gasteiger partial charge in [0, 0.05) is 56.2 Å². The highest BCUT2D eigenvalue weighted by molar-refractivity contribution is 7.97. The summed E-state index contributed by atoms with van der Waals surface area (Å²) in [6.07, 6.45) is 10.6. The van der Waals surface area contributed by atoms with E-state index in [-0.39, 0.29) is 11.3 Å². The van der Waals surface area contributed by atoms with E-state index in [9.17, 15) is 9.59 Å². The molecule has 0 saturated heterocycles. The van der Waals surface area contributed by atoms with Crippen molar-refractivity contribution in [3.63, 3.8) is 0 Å². The molecule has 0 bridgehead atoms. The minimum absolute atomic E-state index is 0.0998. The zero-order chi connectivity index (χ0) is 36.5. The molecule has 2 fully saturated rings. The normalized spacial score (nSPS) is 16.4. The number of aliphatic imine (C=N–C) groups is 1. The molecule has 0 heterocycles. The predicted octanol–water partition coefficient (Wildman–Crippen LogP) is 9.72. The van der Waals surface area contributed by atoms with Gasteiger partial charge in [0.05, 0.1) is 12.9 Å². The van der Waals surface area contributed by atoms with Crippen LogP contribution in [-0.4, -0.2) is 54.6 Å². The molecule has 0 spiro atoms. The second kappa shape index (κ2) is 17.6. The van der Waals surface area contributed by atoms with Gasteiger partial charge < -0.3 is 24.1 Å². The average Bonchev–Trinajstić information content (AvgIpc) is 3.80. The summed E-state index contributed by atoms with van der Waals surface area (Å²) in [6.45, 7) is 16.0. The first-order valence-electron chi connectivity index (χ1n) is 18.4. The van der Waals surface area contributed by atoms with Crippen LogP contribution in [0.2, 0.25) is 0 Å². The largest absolute Gasteiger partial charge is 0.501 e. The molecule has 1 N–H and O–H groups in total. The molecular weight excluding hydrogens is 641 g/mol. The Bertz CT molecular complexity index is 1560. The number of carbonyl (C=O) groups is 2. The van der Waals surface area contributed by atoms with Crippen LogP contribution in [0.3, 0.4) is 0 Å². The van der Waals surface area contributed by atoms with E-state index in [4.69, 9.17) is 9.73 Å². The fraction of sp³-hybridized carbons (Fsp3) is 0.548. The number of hydrogen-bond donors (Lipinski definition) is 1. The number of ether oxygens (including phenoxy) is 1. The number of benzene rings is 2. The number of amidine groups is 1. The number of carbonyl (C=O) groups excluding carboxylic acids is 2. The second-order valence-electron chi connectivity index (χ2n) is 15.5. The summed E-state index contributed by atoms with van der Waals surface area (Å²) in [5.41, 5.74) is 5.80. The van der Waals surface area contributed by atoms with E-state index >= 15 is 0 Å². The molecule has 0 aromatic heterocycles. The van der Waals surface area contributed by atoms with Crippen LogP contribution in [0.1, 0.15) is 110 Å². The van der Waals surface area contributed by atoms with E-state index in [0.29, 0.717) is 25.4 Å². The molecule has 8 heteroatoms. The van der Waals surface area contributed by atoms with E-state index < -0.39 is 5.54 Å². The maximum Gasteiger partial charge on any atom is 0.223 e. The minimum atomic E-state index is -0.583. The van der Waals surface area contributed by atoms with E-state index in [2.05, 4.69) is 93.4 Å². The summed E-state index contributed by atoms with van der Waals surface area (Å²) in [6, 6.07) is 15.1. The topological polar surface area (TPSA) is 74.2 Å². The lowest BCUT2D eigenvalue weighted by molar-refractivity contribution is -0.132. The number of hydrogen-bond acceptors (Lipinski definition) is 6. The second-order valence-corrected chi connectivity index (χ2v) is 16.4. The van der Waals surface area contributed by atoms with Crippen LogP contribution in [0.15, 0.2) is 76.0 Å². The Balaban J connectivity index is 1.67. The average molecular weight is 701 g/mol. The van der Waals surface area contributed by atoms with Gasteiger partial charge >= 0.3 is 0 Å². The van der Waals surface area contributed by atoms with Gasteiger partial charge in [0.15, 0.2) is 0 Å². The van der Waals surface area contributed by atoms with Crippen LogP contribution in [0.25, 0.3) is 11.1 Å². The maximum absolute atomic E-state index is 13.4. The fourth-order valence-electron chi connectivity index (χ4n) is 6.78. The Kier molecular flexibility index (Phi) is 13.8. The first-order valence-corrected chi connectivity index (χ1v) is 19.2. The van der Waals surface area contributed by atoms with Crippen molar-refractivity contribution >= 4 is 30.0 Å². The molecule has 2 saturated carbocycles. The number of nitrogens with one attached hydrogen (secondary N) is 1. The van der Waals surface area contributed by atoms with Crippen LogP contribution in [-0.2, 0) is 27.4 Å². The Labute approximate surface area is 306 Å². The number of methoxy groups -OCH3 is 1. The number of aldehydes is 1. The quantitative estimate of drug-likeness (QED) is 0.0443. The molecule has 2 aromatic rings. The zero-order valence-corrected chi connectivity index (χ0v) is 32.7. The molecular formula is C42H60N4O3S. The molecule has 1 amide bonds. The molecule has 4 rings (SSSR count). The Morgan fingerprint density at radius 3 is 2.40 bits per heavy atom. The van der Waals surface area contributed by atoms with Crippen molar-refractivity contribution in [2.24, 2.45) is 16.3 Å². The molecule has 2 aliphatic carbocycles. The number of nitrogens with zero attached hydrogens (tertiary/aromatic N) is 3. The maximum atomic E-state index is 13.4. The molecule has 0 unspecified atom stereocenters. The molecule has 7 nitrogen and oxygen atoms in total. The third kappa shape index (κ3) is 10.7. The molecule has 0 radical (unpaired) electrons. The monoisotopic (exact) mass is 700 g/mol. The van der Waals surface area contributed by atoms with E-state index in [1.165, 1.54) is 5.57 Å². The van der Waals surface area contributed by atoms with Gasteiger partial charge in [0.25, 0.3) is 0 Å². The van der Waals surface area contributed by atoms with Crippen molar-refractivity contribution in [1.29, 1.82) is 0 Å². The summed E-state index contributed by atoms with van der Waals surface area (Å²) < 4.78 is 9.14. The highest BCUT2D eigenvalue weighted by Crippen LogP contribution is 2.42. The first-order chi connectivity index (χ1) is 23.8. The smallest absolute Gasteiger partial charge is 0.223 e. The van der Waals surface area contributed by atoms with Crippen molar-refractivity contribution in [3.05, 3.63) is 77.2 Å². The van der Waals surface area contributed by atoms with Gasteiger partial charge in [-0.25, -0.2) is 0 Å². The van der Waals surface area contributed by atoms with Gasteiger partial charge in [-0.2, -0.15) is 0 Å². The van der Waals surface area contributed by atoms with Crippen molar-refractivity contribution < 1.29 is 14.3 Å². The van der Waals surface area contributed by atoms with Gasteiger partial charge in [-0.3, -0.25) is 9.79 Å². The number of allylic oxidation sites excluding steroid dienone is 2. The Hall–Kier alpha value is -3.52. The molecule has 0 atom stereocenters. The summed E-state index contributed by atoms with van der Waals surface area (Å²) >= 11 is 1.56. The van der Waals surface area contributed by atoms with Gasteiger partial charge in [-0.05, 0) is 90.6 Å². The van der Waals surface area contributed by atoms with Crippen molar-refractivity contribution in [3.8, 4) is 11.1 Å².